The molecule has 0 saturated carbocycles. The summed E-state index contributed by atoms with van der Waals surface area (Å²) in [6.45, 7) is -0.105. The lowest BCUT2D eigenvalue weighted by molar-refractivity contribution is -0.137. The molecule has 0 spiro atoms. The third kappa shape index (κ3) is 3.10. The van der Waals surface area contributed by atoms with E-state index in [4.69, 9.17) is 5.11 Å². The van der Waals surface area contributed by atoms with Gasteiger partial charge >= 0.3 is 6.18 Å². The molecule has 1 aliphatic rings. The van der Waals surface area contributed by atoms with Gasteiger partial charge in [0.15, 0.2) is 0 Å². The van der Waals surface area contributed by atoms with Crippen molar-refractivity contribution in [3.63, 3.8) is 0 Å². The number of carbonyl (C=O) groups is 1. The highest BCUT2D eigenvalue weighted by Crippen LogP contribution is 2.40. The Balaban J connectivity index is 1.96. The van der Waals surface area contributed by atoms with Crippen LogP contribution in [0.15, 0.2) is 42.5 Å². The van der Waals surface area contributed by atoms with Gasteiger partial charge in [-0.3, -0.25) is 4.79 Å². The molecule has 138 valence electrons. The Hall–Kier alpha value is -3.06. The summed E-state index contributed by atoms with van der Waals surface area (Å²) in [5.74, 6) is -0.285. The number of hydrogen-bond acceptors (Lipinski definition) is 2. The first-order valence-corrected chi connectivity index (χ1v) is 8.30. The van der Waals surface area contributed by atoms with Crippen molar-refractivity contribution in [2.24, 2.45) is 0 Å². The van der Waals surface area contributed by atoms with Crippen LogP contribution in [-0.4, -0.2) is 22.6 Å². The number of amides is 1. The van der Waals surface area contributed by atoms with Gasteiger partial charge in [-0.05, 0) is 41.5 Å². The summed E-state index contributed by atoms with van der Waals surface area (Å²) < 4.78 is 39.3. The van der Waals surface area contributed by atoms with Gasteiger partial charge in [0.2, 0.25) is 5.91 Å². The number of aliphatic hydroxyl groups excluding tert-OH is 1. The first-order valence-electron chi connectivity index (χ1n) is 8.30. The van der Waals surface area contributed by atoms with Gasteiger partial charge in [-0.2, -0.15) is 13.2 Å². The molecule has 0 radical (unpaired) electrons. The zero-order valence-electron chi connectivity index (χ0n) is 14.0. The quantitative estimate of drug-likeness (QED) is 0.626. The molecule has 0 bridgehead atoms. The maximum atomic E-state index is 13.1. The average Bonchev–Trinajstić information content (AvgIpc) is 2.90. The molecule has 0 atom stereocenters. The molecule has 27 heavy (non-hydrogen) atoms. The van der Waals surface area contributed by atoms with E-state index in [9.17, 15) is 18.0 Å². The van der Waals surface area contributed by atoms with E-state index in [0.29, 0.717) is 33.4 Å². The lowest BCUT2D eigenvalue weighted by Crippen LogP contribution is -2.12. The molecule has 2 heterocycles. The number of H-pyrrole nitrogens is 1. The van der Waals surface area contributed by atoms with Crippen LogP contribution in [0.25, 0.3) is 28.2 Å². The number of halogens is 3. The van der Waals surface area contributed by atoms with Crippen LogP contribution in [-0.2, 0) is 17.4 Å². The zero-order chi connectivity index (χ0) is 19.2. The fourth-order valence-electron chi connectivity index (χ4n) is 3.36. The van der Waals surface area contributed by atoms with Crippen molar-refractivity contribution in [1.82, 2.24) is 4.98 Å². The normalized spacial score (nSPS) is 14.1. The zero-order valence-corrected chi connectivity index (χ0v) is 14.0. The van der Waals surface area contributed by atoms with Crippen molar-refractivity contribution in [1.29, 1.82) is 0 Å². The number of benzene rings is 2. The van der Waals surface area contributed by atoms with E-state index in [1.807, 2.05) is 6.07 Å². The predicted molar refractivity (Wildman–Crippen MR) is 97.2 cm³/mol. The number of aromatic nitrogens is 1. The molecule has 1 aromatic heterocycles. The van der Waals surface area contributed by atoms with Gasteiger partial charge in [0, 0.05) is 16.5 Å². The van der Waals surface area contributed by atoms with Crippen molar-refractivity contribution in [3.05, 3.63) is 59.2 Å². The summed E-state index contributed by atoms with van der Waals surface area (Å²) in [7, 11) is 0. The molecule has 4 nitrogen and oxygen atoms in total. The summed E-state index contributed by atoms with van der Waals surface area (Å²) in [4.78, 5) is 15.5. The lowest BCUT2D eigenvalue weighted by Gasteiger charge is -2.08. The highest BCUT2D eigenvalue weighted by atomic mass is 19.4. The number of anilines is 1. The van der Waals surface area contributed by atoms with E-state index < -0.39 is 11.7 Å². The van der Waals surface area contributed by atoms with Crippen molar-refractivity contribution in [2.45, 2.75) is 12.6 Å². The highest BCUT2D eigenvalue weighted by Gasteiger charge is 2.32. The monoisotopic (exact) mass is 372 g/mol. The summed E-state index contributed by atoms with van der Waals surface area (Å²) in [5, 5.41) is 12.1. The van der Waals surface area contributed by atoms with Crippen LogP contribution in [0.3, 0.4) is 0 Å². The number of alkyl halides is 3. The number of rotatable bonds is 2. The Kier molecular flexibility index (Phi) is 4.04. The number of fused-ring (bicyclic) bond motifs is 5. The highest BCUT2D eigenvalue weighted by molar-refractivity contribution is 6.05. The summed E-state index contributed by atoms with van der Waals surface area (Å²) >= 11 is 0. The van der Waals surface area contributed by atoms with Gasteiger partial charge in [-0.25, -0.2) is 0 Å². The maximum absolute atomic E-state index is 13.1. The minimum absolute atomic E-state index is 0.0207. The van der Waals surface area contributed by atoms with E-state index in [0.717, 1.165) is 17.7 Å². The maximum Gasteiger partial charge on any atom is 0.416 e. The SMILES string of the molecule is O=C1Cc2c([nH]c3ccc(C(F)(F)F)cc23)-c2cc(/C=C/CO)ccc2N1. The van der Waals surface area contributed by atoms with Crippen LogP contribution < -0.4 is 5.32 Å². The van der Waals surface area contributed by atoms with Gasteiger partial charge in [-0.15, -0.1) is 0 Å². The summed E-state index contributed by atoms with van der Waals surface area (Å²) in [6.07, 6.45) is -1.16. The molecular formula is C20H15F3N2O2. The van der Waals surface area contributed by atoms with Crippen LogP contribution >= 0.6 is 0 Å². The van der Waals surface area contributed by atoms with E-state index in [-0.39, 0.29) is 18.9 Å². The van der Waals surface area contributed by atoms with E-state index in [2.05, 4.69) is 10.3 Å². The van der Waals surface area contributed by atoms with Crippen LogP contribution in [0, 0.1) is 0 Å². The minimum atomic E-state index is -4.45. The summed E-state index contributed by atoms with van der Waals surface area (Å²) in [5.41, 5.74) is 3.04. The Morgan fingerprint density at radius 3 is 2.70 bits per heavy atom. The molecule has 3 aromatic rings. The van der Waals surface area contributed by atoms with Gasteiger partial charge < -0.3 is 15.4 Å². The second-order valence-corrected chi connectivity index (χ2v) is 6.35. The molecule has 1 amide bonds. The van der Waals surface area contributed by atoms with Crippen LogP contribution in [0.5, 0.6) is 0 Å². The largest absolute Gasteiger partial charge is 0.416 e. The first-order chi connectivity index (χ1) is 12.9. The standard InChI is InChI=1S/C20H15F3N2O2/c21-20(22,23)12-4-6-16-13(9-12)14-10-18(27)24-17-5-3-11(2-1-7-26)8-15(17)19(14)25-16/h1-6,8-9,25-26H,7,10H2,(H,24,27)/b2-1+. The van der Waals surface area contributed by atoms with Crippen molar-refractivity contribution in [3.8, 4) is 11.3 Å². The van der Waals surface area contributed by atoms with Gasteiger partial charge in [0.25, 0.3) is 0 Å². The van der Waals surface area contributed by atoms with Crippen LogP contribution in [0.1, 0.15) is 16.7 Å². The molecule has 0 fully saturated rings. The second-order valence-electron chi connectivity index (χ2n) is 6.35. The number of hydrogen-bond donors (Lipinski definition) is 3. The molecular weight excluding hydrogens is 357 g/mol. The number of nitrogens with one attached hydrogen (secondary N) is 2. The van der Waals surface area contributed by atoms with Crippen molar-refractivity contribution < 1.29 is 23.1 Å². The van der Waals surface area contributed by atoms with Gasteiger partial charge in [0.1, 0.15) is 0 Å². The van der Waals surface area contributed by atoms with Gasteiger partial charge in [-0.1, -0.05) is 18.2 Å². The summed E-state index contributed by atoms with van der Waals surface area (Å²) in [6, 6.07) is 8.86. The van der Waals surface area contributed by atoms with Crippen molar-refractivity contribution >= 4 is 28.6 Å². The lowest BCUT2D eigenvalue weighted by atomic mass is 10.00. The Morgan fingerprint density at radius 2 is 1.96 bits per heavy atom. The first kappa shape index (κ1) is 17.4. The molecule has 4 rings (SSSR count). The Labute approximate surface area is 152 Å². The average molecular weight is 372 g/mol. The predicted octanol–water partition coefficient (Wildman–Crippen LogP) is 4.35. The van der Waals surface area contributed by atoms with E-state index >= 15 is 0 Å². The van der Waals surface area contributed by atoms with E-state index in [1.54, 1.807) is 24.3 Å². The fraction of sp³-hybridized carbons (Fsp3) is 0.150. The molecule has 0 aliphatic carbocycles. The fourth-order valence-corrected chi connectivity index (χ4v) is 3.36. The molecule has 0 unspecified atom stereocenters. The van der Waals surface area contributed by atoms with E-state index in [1.165, 1.54) is 6.07 Å². The Morgan fingerprint density at radius 1 is 1.15 bits per heavy atom. The molecule has 2 aromatic carbocycles. The minimum Gasteiger partial charge on any atom is -0.392 e. The van der Waals surface area contributed by atoms with Gasteiger partial charge in [0.05, 0.1) is 30.0 Å². The third-order valence-corrected chi connectivity index (χ3v) is 4.57. The number of aromatic amines is 1. The second kappa shape index (κ2) is 6.28. The smallest absolute Gasteiger partial charge is 0.392 e. The molecule has 1 aliphatic heterocycles. The number of aliphatic hydroxyl groups is 1. The molecule has 3 N–H and O–H groups in total. The Bertz CT molecular complexity index is 1080. The molecule has 0 saturated heterocycles. The molecule has 7 heteroatoms. The topological polar surface area (TPSA) is 65.1 Å². The van der Waals surface area contributed by atoms with Crippen LogP contribution in [0.2, 0.25) is 0 Å². The van der Waals surface area contributed by atoms with Crippen LogP contribution in [0.4, 0.5) is 18.9 Å². The number of carbonyl (C=O) groups excluding carboxylic acids is 1. The van der Waals surface area contributed by atoms with Crippen molar-refractivity contribution in [2.75, 3.05) is 11.9 Å². The third-order valence-electron chi connectivity index (χ3n) is 4.57.